The van der Waals surface area contributed by atoms with E-state index in [1.165, 1.54) is 11.8 Å². The van der Waals surface area contributed by atoms with Gasteiger partial charge in [0.2, 0.25) is 11.8 Å². The molecule has 0 fully saturated rings. The van der Waals surface area contributed by atoms with Crippen LogP contribution in [0.1, 0.15) is 12.8 Å². The van der Waals surface area contributed by atoms with Gasteiger partial charge in [-0.15, -0.1) is 0 Å². The fourth-order valence-electron chi connectivity index (χ4n) is 0.733. The number of carbonyl (C=O) groups excluding carboxylic acids is 2. The molecule has 0 aromatic heterocycles. The summed E-state index contributed by atoms with van der Waals surface area (Å²) in [5.41, 5.74) is 4.92. The molecule has 14 heavy (non-hydrogen) atoms. The van der Waals surface area contributed by atoms with Crippen molar-refractivity contribution < 1.29 is 14.7 Å². The molecule has 0 aromatic rings. The van der Waals surface area contributed by atoms with Crippen molar-refractivity contribution in [2.45, 2.75) is 12.8 Å². The zero-order chi connectivity index (χ0) is 10.8. The van der Waals surface area contributed by atoms with E-state index in [-0.39, 0.29) is 24.2 Å². The Hall–Kier alpha value is -0.750. The second kappa shape index (κ2) is 8.83. The number of thioether (sulfide) groups is 1. The maximum absolute atomic E-state index is 11.0. The van der Waals surface area contributed by atoms with Crippen molar-refractivity contribution in [3.8, 4) is 0 Å². The molecule has 6 heteroatoms. The van der Waals surface area contributed by atoms with Crippen molar-refractivity contribution in [3.05, 3.63) is 0 Å². The molecule has 0 atom stereocenters. The summed E-state index contributed by atoms with van der Waals surface area (Å²) in [6.07, 6.45) is 0.948. The van der Waals surface area contributed by atoms with E-state index in [1.54, 1.807) is 0 Å². The van der Waals surface area contributed by atoms with Crippen LogP contribution in [0.25, 0.3) is 0 Å². The quantitative estimate of drug-likeness (QED) is 0.462. The van der Waals surface area contributed by atoms with E-state index in [1.807, 2.05) is 0 Å². The fraction of sp³-hybridized carbons (Fsp3) is 0.750. The Morgan fingerprint density at radius 3 is 2.71 bits per heavy atom. The lowest BCUT2D eigenvalue weighted by Gasteiger charge is -2.02. The van der Waals surface area contributed by atoms with Crippen LogP contribution in [0.2, 0.25) is 0 Å². The molecule has 0 aliphatic heterocycles. The first-order valence-corrected chi connectivity index (χ1v) is 5.56. The first kappa shape index (κ1) is 13.2. The van der Waals surface area contributed by atoms with Gasteiger partial charge in [0.1, 0.15) is 0 Å². The molecule has 0 unspecified atom stereocenters. The SMILES string of the molecule is NC(=O)CSCCC(=O)NCCCO. The molecular weight excluding hydrogens is 204 g/mol. The number of amides is 2. The van der Waals surface area contributed by atoms with Crippen LogP contribution in [0, 0.1) is 0 Å². The predicted octanol–water partition coefficient (Wildman–Crippen LogP) is -0.906. The largest absolute Gasteiger partial charge is 0.396 e. The van der Waals surface area contributed by atoms with E-state index in [2.05, 4.69) is 5.32 Å². The molecule has 0 aromatic carbocycles. The van der Waals surface area contributed by atoms with E-state index in [4.69, 9.17) is 10.8 Å². The first-order valence-electron chi connectivity index (χ1n) is 4.40. The summed E-state index contributed by atoms with van der Waals surface area (Å²) in [6, 6.07) is 0. The molecule has 2 amide bonds. The number of aliphatic hydroxyl groups is 1. The van der Waals surface area contributed by atoms with Gasteiger partial charge in [0.25, 0.3) is 0 Å². The number of nitrogens with one attached hydrogen (secondary N) is 1. The smallest absolute Gasteiger partial charge is 0.227 e. The van der Waals surface area contributed by atoms with Gasteiger partial charge >= 0.3 is 0 Å². The van der Waals surface area contributed by atoms with Crippen molar-refractivity contribution in [1.29, 1.82) is 0 Å². The van der Waals surface area contributed by atoms with Crippen LogP contribution >= 0.6 is 11.8 Å². The monoisotopic (exact) mass is 220 g/mol. The summed E-state index contributed by atoms with van der Waals surface area (Å²) >= 11 is 1.34. The second-order valence-electron chi connectivity index (χ2n) is 2.70. The summed E-state index contributed by atoms with van der Waals surface area (Å²) in [7, 11) is 0. The zero-order valence-electron chi connectivity index (χ0n) is 7.99. The van der Waals surface area contributed by atoms with Gasteiger partial charge in [-0.05, 0) is 6.42 Å². The van der Waals surface area contributed by atoms with Gasteiger partial charge in [-0.3, -0.25) is 9.59 Å². The molecule has 0 aliphatic rings. The summed E-state index contributed by atoms with van der Waals surface area (Å²) in [5.74, 6) is 0.420. The third-order valence-corrected chi connectivity index (χ3v) is 2.36. The zero-order valence-corrected chi connectivity index (χ0v) is 8.81. The van der Waals surface area contributed by atoms with Crippen LogP contribution in [0.15, 0.2) is 0 Å². The third-order valence-electron chi connectivity index (χ3n) is 1.37. The molecule has 0 aliphatic carbocycles. The van der Waals surface area contributed by atoms with Crippen LogP contribution in [-0.2, 0) is 9.59 Å². The van der Waals surface area contributed by atoms with E-state index in [0.29, 0.717) is 25.1 Å². The van der Waals surface area contributed by atoms with Crippen molar-refractivity contribution in [3.63, 3.8) is 0 Å². The van der Waals surface area contributed by atoms with E-state index in [9.17, 15) is 9.59 Å². The summed E-state index contributed by atoms with van der Waals surface area (Å²) < 4.78 is 0. The maximum atomic E-state index is 11.0. The average Bonchev–Trinajstić information content (AvgIpc) is 2.13. The molecular formula is C8H16N2O3S. The van der Waals surface area contributed by atoms with Crippen LogP contribution in [0.5, 0.6) is 0 Å². The highest BCUT2D eigenvalue weighted by Crippen LogP contribution is 2.00. The minimum absolute atomic E-state index is 0.0598. The molecule has 82 valence electrons. The Labute approximate surface area is 87.4 Å². The minimum atomic E-state index is -0.365. The van der Waals surface area contributed by atoms with Gasteiger partial charge in [-0.2, -0.15) is 11.8 Å². The Bertz CT molecular complexity index is 187. The number of rotatable bonds is 8. The Morgan fingerprint density at radius 1 is 1.43 bits per heavy atom. The lowest BCUT2D eigenvalue weighted by atomic mass is 10.4. The van der Waals surface area contributed by atoms with Crippen molar-refractivity contribution >= 4 is 23.6 Å². The van der Waals surface area contributed by atoms with Gasteiger partial charge < -0.3 is 16.2 Å². The number of primary amides is 1. The van der Waals surface area contributed by atoms with Crippen molar-refractivity contribution in [2.24, 2.45) is 5.73 Å². The number of hydrogen-bond acceptors (Lipinski definition) is 4. The normalized spacial score (nSPS) is 9.79. The molecule has 0 bridgehead atoms. The Morgan fingerprint density at radius 2 is 2.14 bits per heavy atom. The van der Waals surface area contributed by atoms with Crippen LogP contribution < -0.4 is 11.1 Å². The van der Waals surface area contributed by atoms with Crippen LogP contribution in [-0.4, -0.2) is 41.6 Å². The molecule has 0 saturated heterocycles. The summed E-state index contributed by atoms with van der Waals surface area (Å²) in [6.45, 7) is 0.576. The highest BCUT2D eigenvalue weighted by Gasteiger charge is 2.01. The first-order chi connectivity index (χ1) is 6.66. The summed E-state index contributed by atoms with van der Waals surface area (Å²) in [5, 5.41) is 11.1. The second-order valence-corrected chi connectivity index (χ2v) is 3.80. The minimum Gasteiger partial charge on any atom is -0.396 e. The molecule has 4 N–H and O–H groups in total. The van der Waals surface area contributed by atoms with Crippen LogP contribution in [0.4, 0.5) is 0 Å². The van der Waals surface area contributed by atoms with Gasteiger partial charge in [0, 0.05) is 25.3 Å². The van der Waals surface area contributed by atoms with Gasteiger partial charge in [-0.1, -0.05) is 0 Å². The van der Waals surface area contributed by atoms with Crippen molar-refractivity contribution in [2.75, 3.05) is 24.7 Å². The number of hydrogen-bond donors (Lipinski definition) is 3. The lowest BCUT2D eigenvalue weighted by Crippen LogP contribution is -2.25. The molecule has 0 spiro atoms. The number of nitrogens with two attached hydrogens (primary N) is 1. The summed E-state index contributed by atoms with van der Waals surface area (Å²) in [4.78, 5) is 21.4. The standard InChI is InChI=1S/C8H16N2O3S/c9-7(12)6-14-5-2-8(13)10-3-1-4-11/h11H,1-6H2,(H2,9,12)(H,10,13). The van der Waals surface area contributed by atoms with Crippen molar-refractivity contribution in [1.82, 2.24) is 5.32 Å². The molecule has 0 heterocycles. The predicted molar refractivity (Wildman–Crippen MR) is 55.8 cm³/mol. The van der Waals surface area contributed by atoms with Gasteiger partial charge in [0.05, 0.1) is 5.75 Å². The molecule has 5 nitrogen and oxygen atoms in total. The fourth-order valence-corrected chi connectivity index (χ4v) is 1.41. The Kier molecular flexibility index (Phi) is 8.36. The lowest BCUT2D eigenvalue weighted by molar-refractivity contribution is -0.120. The highest BCUT2D eigenvalue weighted by molar-refractivity contribution is 7.99. The van der Waals surface area contributed by atoms with E-state index < -0.39 is 0 Å². The van der Waals surface area contributed by atoms with E-state index >= 15 is 0 Å². The van der Waals surface area contributed by atoms with Gasteiger partial charge in [-0.25, -0.2) is 0 Å². The molecule has 0 radical (unpaired) electrons. The Balaban J connectivity index is 3.22. The van der Waals surface area contributed by atoms with E-state index in [0.717, 1.165) is 0 Å². The molecule has 0 rings (SSSR count). The van der Waals surface area contributed by atoms with Gasteiger partial charge in [0.15, 0.2) is 0 Å². The van der Waals surface area contributed by atoms with Crippen LogP contribution in [0.3, 0.4) is 0 Å². The molecule has 0 saturated carbocycles. The number of carbonyl (C=O) groups is 2. The number of aliphatic hydroxyl groups excluding tert-OH is 1. The highest BCUT2D eigenvalue weighted by atomic mass is 32.2. The average molecular weight is 220 g/mol. The maximum Gasteiger partial charge on any atom is 0.227 e. The topological polar surface area (TPSA) is 92.4 Å². The third kappa shape index (κ3) is 9.34.